The predicted molar refractivity (Wildman–Crippen MR) is 117 cm³/mol. The smallest absolute Gasteiger partial charge is 0.129 e. The molecular weight excluding hydrogens is 372 g/mol. The molecule has 0 fully saturated rings. The van der Waals surface area contributed by atoms with E-state index in [0.717, 1.165) is 58.6 Å². The highest BCUT2D eigenvalue weighted by atomic mass is 35.5. The van der Waals surface area contributed by atoms with Crippen molar-refractivity contribution in [3.05, 3.63) is 71.4 Å². The van der Waals surface area contributed by atoms with Gasteiger partial charge in [0.1, 0.15) is 11.5 Å². The first-order valence-corrected chi connectivity index (χ1v) is 9.11. The van der Waals surface area contributed by atoms with Gasteiger partial charge in [-0.05, 0) is 54.8 Å². The van der Waals surface area contributed by atoms with E-state index < -0.39 is 0 Å². The Morgan fingerprint density at radius 3 is 2.71 bits per heavy atom. The Balaban J connectivity index is 0.00000225. The second-order valence-corrected chi connectivity index (χ2v) is 6.52. The Labute approximate surface area is 171 Å². The number of halogens is 1. The molecule has 28 heavy (non-hydrogen) atoms. The van der Waals surface area contributed by atoms with Gasteiger partial charge in [0.2, 0.25) is 0 Å². The van der Waals surface area contributed by atoms with Gasteiger partial charge in [0, 0.05) is 35.3 Å². The highest BCUT2D eigenvalue weighted by Gasteiger charge is 2.16. The normalized spacial score (nSPS) is 15.1. The minimum atomic E-state index is 0. The molecule has 1 aliphatic heterocycles. The first-order chi connectivity index (χ1) is 13.3. The highest BCUT2D eigenvalue weighted by Crippen LogP contribution is 2.30. The van der Waals surface area contributed by atoms with Gasteiger partial charge in [-0.15, -0.1) is 12.4 Å². The van der Waals surface area contributed by atoms with Gasteiger partial charge in [-0.1, -0.05) is 12.1 Å². The van der Waals surface area contributed by atoms with Crippen LogP contribution in [0.3, 0.4) is 0 Å². The number of aromatic nitrogens is 1. The van der Waals surface area contributed by atoms with E-state index in [1.54, 1.807) is 14.2 Å². The number of pyridine rings is 1. The van der Waals surface area contributed by atoms with E-state index in [1.807, 2.05) is 30.5 Å². The molecule has 4 nitrogen and oxygen atoms in total. The molecule has 0 radical (unpaired) electrons. The van der Waals surface area contributed by atoms with Crippen LogP contribution in [0, 0.1) is 0 Å². The van der Waals surface area contributed by atoms with E-state index in [4.69, 9.17) is 14.5 Å². The molecule has 2 aromatic carbocycles. The number of hydrogen-bond acceptors (Lipinski definition) is 4. The molecule has 3 aromatic rings. The standard InChI is InChI=1S/C23H22N2O2.ClH/c1-26-20-9-7-17(22(15-20)27-2)14-18-6-4-12-25-23(18)19-8-10-21-16(13-19)5-3-11-24-21;/h3,5,7-11,13-15H,4,6,12H2,1-2H3;1H. The summed E-state index contributed by atoms with van der Waals surface area (Å²) in [6, 6.07) is 16.3. The number of nitrogens with zero attached hydrogens (tertiary/aromatic N) is 2. The van der Waals surface area contributed by atoms with Crippen LogP contribution in [0.4, 0.5) is 0 Å². The van der Waals surface area contributed by atoms with Gasteiger partial charge in [-0.2, -0.15) is 0 Å². The van der Waals surface area contributed by atoms with E-state index >= 15 is 0 Å². The van der Waals surface area contributed by atoms with Crippen LogP contribution in [-0.4, -0.2) is 31.5 Å². The fraction of sp³-hybridized carbons (Fsp3) is 0.217. The van der Waals surface area contributed by atoms with Gasteiger partial charge < -0.3 is 9.47 Å². The topological polar surface area (TPSA) is 43.7 Å². The summed E-state index contributed by atoms with van der Waals surface area (Å²) >= 11 is 0. The number of aliphatic imine (C=N–C) groups is 1. The number of ether oxygens (including phenoxy) is 2. The zero-order valence-corrected chi connectivity index (χ0v) is 16.8. The Hall–Kier alpha value is -2.85. The van der Waals surface area contributed by atoms with E-state index in [1.165, 1.54) is 5.57 Å². The lowest BCUT2D eigenvalue weighted by atomic mass is 9.93. The molecule has 0 amide bonds. The largest absolute Gasteiger partial charge is 0.497 e. The summed E-state index contributed by atoms with van der Waals surface area (Å²) in [5, 5.41) is 1.13. The maximum atomic E-state index is 5.56. The van der Waals surface area contributed by atoms with Crippen molar-refractivity contribution in [3.63, 3.8) is 0 Å². The third-order valence-corrected chi connectivity index (χ3v) is 4.83. The molecule has 2 heterocycles. The summed E-state index contributed by atoms with van der Waals surface area (Å²) < 4.78 is 10.9. The third kappa shape index (κ3) is 4.02. The monoisotopic (exact) mass is 394 g/mol. The van der Waals surface area contributed by atoms with E-state index in [-0.39, 0.29) is 12.4 Å². The molecule has 1 aliphatic rings. The summed E-state index contributed by atoms with van der Waals surface area (Å²) in [5.41, 5.74) is 5.46. The Morgan fingerprint density at radius 2 is 1.89 bits per heavy atom. The number of rotatable bonds is 4. The molecule has 0 saturated heterocycles. The maximum absolute atomic E-state index is 5.56. The van der Waals surface area contributed by atoms with Crippen molar-refractivity contribution in [2.75, 3.05) is 20.8 Å². The van der Waals surface area contributed by atoms with Gasteiger partial charge in [0.25, 0.3) is 0 Å². The van der Waals surface area contributed by atoms with Crippen molar-refractivity contribution in [2.45, 2.75) is 12.8 Å². The first-order valence-electron chi connectivity index (χ1n) is 9.11. The van der Waals surface area contributed by atoms with Crippen LogP contribution in [0.5, 0.6) is 11.5 Å². The van der Waals surface area contributed by atoms with E-state index in [9.17, 15) is 0 Å². The number of fused-ring (bicyclic) bond motifs is 1. The molecule has 0 unspecified atom stereocenters. The van der Waals surface area contributed by atoms with Crippen LogP contribution in [0.2, 0.25) is 0 Å². The average Bonchev–Trinajstić information content (AvgIpc) is 2.74. The number of hydrogen-bond donors (Lipinski definition) is 0. The van der Waals surface area contributed by atoms with Gasteiger partial charge >= 0.3 is 0 Å². The zero-order chi connectivity index (χ0) is 18.6. The second kappa shape index (κ2) is 8.89. The number of allylic oxidation sites excluding steroid dienone is 1. The fourth-order valence-electron chi connectivity index (χ4n) is 3.45. The number of methoxy groups -OCH3 is 2. The average molecular weight is 395 g/mol. The highest BCUT2D eigenvalue weighted by molar-refractivity contribution is 6.16. The van der Waals surface area contributed by atoms with Crippen molar-refractivity contribution in [2.24, 2.45) is 4.99 Å². The Kier molecular flexibility index (Phi) is 6.32. The minimum absolute atomic E-state index is 0. The molecule has 0 aliphatic carbocycles. The van der Waals surface area contributed by atoms with Crippen LogP contribution < -0.4 is 9.47 Å². The van der Waals surface area contributed by atoms with Crippen LogP contribution >= 0.6 is 12.4 Å². The van der Waals surface area contributed by atoms with Gasteiger partial charge in [-0.25, -0.2) is 0 Å². The zero-order valence-electron chi connectivity index (χ0n) is 16.0. The van der Waals surface area contributed by atoms with Crippen LogP contribution in [-0.2, 0) is 0 Å². The molecule has 0 saturated carbocycles. The lowest BCUT2D eigenvalue weighted by molar-refractivity contribution is 0.393. The van der Waals surface area contributed by atoms with Crippen LogP contribution in [0.1, 0.15) is 24.0 Å². The van der Waals surface area contributed by atoms with E-state index in [0.29, 0.717) is 0 Å². The summed E-state index contributed by atoms with van der Waals surface area (Å²) in [6.07, 6.45) is 6.06. The lowest BCUT2D eigenvalue weighted by Gasteiger charge is -2.18. The van der Waals surface area contributed by atoms with Crippen molar-refractivity contribution in [3.8, 4) is 11.5 Å². The summed E-state index contributed by atoms with van der Waals surface area (Å²) in [6.45, 7) is 0.859. The second-order valence-electron chi connectivity index (χ2n) is 6.52. The first kappa shape index (κ1) is 19.9. The fourth-order valence-corrected chi connectivity index (χ4v) is 3.45. The van der Waals surface area contributed by atoms with Gasteiger partial charge in [0.05, 0.1) is 25.4 Å². The van der Waals surface area contributed by atoms with Crippen molar-refractivity contribution in [1.29, 1.82) is 0 Å². The molecule has 4 rings (SSSR count). The third-order valence-electron chi connectivity index (χ3n) is 4.83. The molecule has 0 N–H and O–H groups in total. The van der Waals surface area contributed by atoms with Crippen LogP contribution in [0.15, 0.2) is 65.3 Å². The van der Waals surface area contributed by atoms with Crippen molar-refractivity contribution < 1.29 is 9.47 Å². The molecule has 0 atom stereocenters. The number of benzene rings is 2. The summed E-state index contributed by atoms with van der Waals surface area (Å²) in [4.78, 5) is 9.25. The predicted octanol–water partition coefficient (Wildman–Crippen LogP) is 5.34. The SMILES string of the molecule is COc1ccc(C=C2CCCN=C2c2ccc3ncccc3c2)c(OC)c1.Cl. The minimum Gasteiger partial charge on any atom is -0.497 e. The quantitative estimate of drug-likeness (QED) is 0.599. The van der Waals surface area contributed by atoms with Crippen molar-refractivity contribution >= 4 is 35.1 Å². The maximum Gasteiger partial charge on any atom is 0.129 e. The molecule has 1 aromatic heterocycles. The lowest BCUT2D eigenvalue weighted by Crippen LogP contribution is -2.11. The molecule has 0 spiro atoms. The Bertz CT molecular complexity index is 1040. The molecule has 5 heteroatoms. The van der Waals surface area contributed by atoms with Crippen molar-refractivity contribution in [1.82, 2.24) is 4.98 Å². The van der Waals surface area contributed by atoms with E-state index in [2.05, 4.69) is 35.3 Å². The molecule has 0 bridgehead atoms. The molecular formula is C23H23ClN2O2. The molecule has 144 valence electrons. The Morgan fingerprint density at radius 1 is 1.00 bits per heavy atom. The van der Waals surface area contributed by atoms with Gasteiger partial charge in [0.15, 0.2) is 0 Å². The van der Waals surface area contributed by atoms with Gasteiger partial charge in [-0.3, -0.25) is 9.98 Å². The summed E-state index contributed by atoms with van der Waals surface area (Å²) in [7, 11) is 3.34. The van der Waals surface area contributed by atoms with Crippen LogP contribution in [0.25, 0.3) is 17.0 Å². The summed E-state index contributed by atoms with van der Waals surface area (Å²) in [5.74, 6) is 1.59.